The van der Waals surface area contributed by atoms with Gasteiger partial charge >= 0.3 is 0 Å². The van der Waals surface area contributed by atoms with Crippen molar-refractivity contribution in [3.63, 3.8) is 0 Å². The highest BCUT2D eigenvalue weighted by molar-refractivity contribution is 5.96. The van der Waals surface area contributed by atoms with Crippen molar-refractivity contribution in [2.24, 2.45) is 5.41 Å². The van der Waals surface area contributed by atoms with Gasteiger partial charge in [-0.15, -0.1) is 0 Å². The van der Waals surface area contributed by atoms with E-state index in [2.05, 4.69) is 32.3 Å². The molecule has 0 saturated carbocycles. The molecule has 5 amide bonds. The van der Waals surface area contributed by atoms with Crippen molar-refractivity contribution in [1.82, 2.24) is 50.7 Å². The van der Waals surface area contributed by atoms with Crippen LogP contribution in [0.3, 0.4) is 0 Å². The van der Waals surface area contributed by atoms with Gasteiger partial charge in [-0.05, 0) is 69.0 Å². The lowest BCUT2D eigenvalue weighted by atomic mass is 9.85. The third-order valence-electron chi connectivity index (χ3n) is 13.6. The minimum atomic E-state index is -0.877. The van der Waals surface area contributed by atoms with E-state index in [1.165, 1.54) is 38.9 Å². The summed E-state index contributed by atoms with van der Waals surface area (Å²) in [5, 5.41) is 27.7. The van der Waals surface area contributed by atoms with Crippen LogP contribution in [-0.2, 0) is 41.7 Å². The Hall–Kier alpha value is -6.99. The Kier molecular flexibility index (Phi) is 19.8. The first-order valence-electron chi connectivity index (χ1n) is 25.5. The van der Waals surface area contributed by atoms with Gasteiger partial charge in [-0.25, -0.2) is 9.37 Å². The number of hydrogen-bond acceptors (Lipinski definition) is 14. The van der Waals surface area contributed by atoms with Crippen LogP contribution < -0.4 is 31.7 Å². The predicted molar refractivity (Wildman–Crippen MR) is 279 cm³/mol. The van der Waals surface area contributed by atoms with Crippen LogP contribution in [0.5, 0.6) is 5.75 Å². The Bertz CT molecular complexity index is 2690. The summed E-state index contributed by atoms with van der Waals surface area (Å²) in [7, 11) is 4.92. The number of amides is 5. The second kappa shape index (κ2) is 26.0. The smallest absolute Gasteiger partial charge is 0.254 e. The molecule has 2 aliphatic rings. The summed E-state index contributed by atoms with van der Waals surface area (Å²) in [6.45, 7) is 13.1. The van der Waals surface area contributed by atoms with E-state index in [1.54, 1.807) is 46.0 Å². The Morgan fingerprint density at radius 2 is 1.77 bits per heavy atom. The summed E-state index contributed by atoms with van der Waals surface area (Å²) in [6.07, 6.45) is 1.85. The number of pyridine rings is 1. The minimum absolute atomic E-state index is 0.00374. The molecule has 4 heterocycles. The van der Waals surface area contributed by atoms with E-state index in [1.807, 2.05) is 58.0 Å². The zero-order valence-electron chi connectivity index (χ0n) is 44.6. The van der Waals surface area contributed by atoms with Gasteiger partial charge in [-0.2, -0.15) is 10.4 Å². The zero-order valence-corrected chi connectivity index (χ0v) is 44.6. The number of nitrogens with two attached hydrogens (primary N) is 1. The van der Waals surface area contributed by atoms with Crippen LogP contribution in [0.1, 0.15) is 106 Å². The summed E-state index contributed by atoms with van der Waals surface area (Å²) >= 11 is 0. The number of nitrogen functional groups attached to an aromatic ring is 1. The first-order chi connectivity index (χ1) is 35.7. The number of ether oxygens (including phenoxy) is 3. The number of halogens is 1. The van der Waals surface area contributed by atoms with E-state index < -0.39 is 41.4 Å². The Balaban J connectivity index is 0.985. The quantitative estimate of drug-likeness (QED) is 0.0738. The Morgan fingerprint density at radius 3 is 2.45 bits per heavy atom. The summed E-state index contributed by atoms with van der Waals surface area (Å²) in [5.41, 5.74) is 8.61. The number of nitrogens with one attached hydrogen (secondary N) is 4. The number of fused-ring (bicyclic) bond motifs is 5. The molecule has 1 fully saturated rings. The SMILES string of the molecule is CC[C@@H](NC(=O)[C@@H]1C[C@H](NCCOCCOCCC(=O)N(C)CCn2nc3c(c2C#N)-c2cnc(N)c(c2)O[C@H](C)c2cc(F)ccc2C(=O)N(C)C3)CN1C(=O)C(NC(=O)[C@H](C)NC)C(C)(C)C)c1ccccc1. The average molecular weight is 1040 g/mol. The number of nitriles is 1. The number of aromatic nitrogens is 3. The fourth-order valence-corrected chi connectivity index (χ4v) is 9.15. The highest BCUT2D eigenvalue weighted by Gasteiger charge is 2.45. The molecule has 6 rings (SSSR count). The molecule has 6 N–H and O–H groups in total. The first kappa shape index (κ1) is 57.3. The Morgan fingerprint density at radius 1 is 1.05 bits per heavy atom. The average Bonchev–Trinajstić information content (AvgIpc) is 3.98. The van der Waals surface area contributed by atoms with Crippen molar-refractivity contribution in [2.45, 2.75) is 110 Å². The number of benzene rings is 2. The fourth-order valence-electron chi connectivity index (χ4n) is 9.15. The molecule has 0 radical (unpaired) electrons. The molecule has 21 heteroatoms. The first-order valence-corrected chi connectivity index (χ1v) is 25.5. The van der Waals surface area contributed by atoms with Gasteiger partial charge in [0.05, 0.1) is 63.7 Å². The van der Waals surface area contributed by atoms with Gasteiger partial charge < -0.3 is 55.9 Å². The molecule has 6 atom stereocenters. The maximum atomic E-state index is 14.4. The normalized spacial score (nSPS) is 17.8. The summed E-state index contributed by atoms with van der Waals surface area (Å²) in [4.78, 5) is 77.3. The maximum Gasteiger partial charge on any atom is 0.254 e. The summed E-state index contributed by atoms with van der Waals surface area (Å²) < 4.78 is 33.7. The van der Waals surface area contributed by atoms with E-state index in [-0.39, 0.29) is 111 Å². The number of likely N-dealkylation sites (N-methyl/N-ethyl adjacent to an activating group) is 2. The van der Waals surface area contributed by atoms with E-state index in [4.69, 9.17) is 25.0 Å². The second-order valence-electron chi connectivity index (χ2n) is 20.1. The highest BCUT2D eigenvalue weighted by Crippen LogP contribution is 2.36. The maximum absolute atomic E-state index is 14.4. The van der Waals surface area contributed by atoms with Gasteiger partial charge in [-0.1, -0.05) is 58.0 Å². The molecule has 2 bridgehead atoms. The molecule has 1 unspecified atom stereocenters. The fraction of sp³-hybridized carbons (Fsp3) is 0.519. The lowest BCUT2D eigenvalue weighted by Crippen LogP contribution is -2.59. The molecule has 2 aliphatic heterocycles. The summed E-state index contributed by atoms with van der Waals surface area (Å²) in [5.74, 6) is -1.75. The molecule has 2 aromatic carbocycles. The van der Waals surface area contributed by atoms with Crippen LogP contribution >= 0.6 is 0 Å². The molecule has 0 aliphatic carbocycles. The monoisotopic (exact) mass is 1040 g/mol. The van der Waals surface area contributed by atoms with Crippen molar-refractivity contribution in [1.29, 1.82) is 5.26 Å². The molecule has 404 valence electrons. The number of carbonyl (C=O) groups excluding carboxylic acids is 5. The predicted octanol–water partition coefficient (Wildman–Crippen LogP) is 4.11. The van der Waals surface area contributed by atoms with Gasteiger partial charge in [0.2, 0.25) is 23.6 Å². The number of anilines is 1. The lowest BCUT2D eigenvalue weighted by Gasteiger charge is -2.36. The van der Waals surface area contributed by atoms with Gasteiger partial charge in [0, 0.05) is 68.2 Å². The summed E-state index contributed by atoms with van der Waals surface area (Å²) in [6, 6.07) is 14.8. The van der Waals surface area contributed by atoms with E-state index in [0.717, 1.165) is 5.56 Å². The Labute approximate surface area is 438 Å². The molecule has 75 heavy (non-hydrogen) atoms. The zero-order chi connectivity index (χ0) is 54.6. The highest BCUT2D eigenvalue weighted by atomic mass is 19.1. The largest absolute Gasteiger partial charge is 0.482 e. The van der Waals surface area contributed by atoms with Gasteiger partial charge in [0.15, 0.2) is 11.6 Å². The number of carbonyl (C=O) groups is 5. The molecule has 4 aromatic rings. The third-order valence-corrected chi connectivity index (χ3v) is 13.6. The number of nitrogens with zero attached hydrogens (tertiary/aromatic N) is 7. The van der Waals surface area contributed by atoms with Crippen LogP contribution in [0, 0.1) is 22.6 Å². The standard InChI is InChI=1S/C54H73FN12O8/c1-10-41(35-14-12-11-13-15-35)61-51(70)43-28-38(31-66(43)53(72)48(54(4,5)6)62-50(69)33(2)58-7)59-19-23-74-25-24-73-22-18-46(68)64(8)20-21-67-44(29-56)47-36-26-45(49(57)60-30-36)75-34(3)40-27-37(55)16-17-39(40)52(71)65(9)32-42(47)63-67/h11-17,26-27,30,33-34,38,41,43,48,58-59H,10,18-25,28,31-32H2,1-9H3,(H2,57,60)(H,61,70)(H,62,69)/t33-,34+,38-,41+,43-,48?/m0/s1. The van der Waals surface area contributed by atoms with Crippen LogP contribution in [0.4, 0.5) is 10.2 Å². The van der Waals surface area contributed by atoms with E-state index in [9.17, 15) is 33.6 Å². The van der Waals surface area contributed by atoms with Gasteiger partial charge in [0.25, 0.3) is 5.91 Å². The third kappa shape index (κ3) is 14.4. The number of hydrogen-bond donors (Lipinski definition) is 5. The second-order valence-corrected chi connectivity index (χ2v) is 20.1. The van der Waals surface area contributed by atoms with Gasteiger partial charge in [0.1, 0.15) is 35.8 Å². The van der Waals surface area contributed by atoms with Crippen LogP contribution in [0.15, 0.2) is 60.8 Å². The number of rotatable bonds is 21. The van der Waals surface area contributed by atoms with Crippen LogP contribution in [0.2, 0.25) is 0 Å². The molecule has 2 aromatic heterocycles. The van der Waals surface area contributed by atoms with Crippen molar-refractivity contribution in [3.05, 3.63) is 94.7 Å². The minimum Gasteiger partial charge on any atom is -0.482 e. The van der Waals surface area contributed by atoms with Crippen molar-refractivity contribution < 1.29 is 42.6 Å². The van der Waals surface area contributed by atoms with Crippen LogP contribution in [0.25, 0.3) is 11.1 Å². The molecule has 20 nitrogen and oxygen atoms in total. The molecule has 0 spiro atoms. The van der Waals surface area contributed by atoms with E-state index >= 15 is 0 Å². The molecular formula is C54H73FN12O8. The number of likely N-dealkylation sites (tertiary alicyclic amines) is 1. The lowest BCUT2D eigenvalue weighted by molar-refractivity contribution is -0.144. The van der Waals surface area contributed by atoms with Crippen molar-refractivity contribution in [2.75, 3.05) is 72.9 Å². The van der Waals surface area contributed by atoms with Crippen molar-refractivity contribution in [3.8, 4) is 22.9 Å². The topological polar surface area (TPSA) is 251 Å². The van der Waals surface area contributed by atoms with Crippen molar-refractivity contribution >= 4 is 35.4 Å². The van der Waals surface area contributed by atoms with E-state index in [0.29, 0.717) is 48.4 Å². The van der Waals surface area contributed by atoms with Gasteiger partial charge in [-0.3, -0.25) is 28.7 Å². The van der Waals surface area contributed by atoms with Crippen LogP contribution in [-0.4, -0.2) is 150 Å². The molecular weight excluding hydrogens is 964 g/mol. The molecule has 1 saturated heterocycles.